The summed E-state index contributed by atoms with van der Waals surface area (Å²) in [7, 11) is 1.56. The Morgan fingerprint density at radius 2 is 1.63 bits per heavy atom. The van der Waals surface area contributed by atoms with Crippen LogP contribution in [-0.2, 0) is 12.7 Å². The minimum atomic E-state index is -4.83. The Bertz CT molecular complexity index is 1550. The maximum absolute atomic E-state index is 15.1. The van der Waals surface area contributed by atoms with Gasteiger partial charge in [0.15, 0.2) is 11.6 Å². The number of benzene rings is 2. The molecule has 2 fully saturated rings. The third kappa shape index (κ3) is 7.78. The zero-order valence-electron chi connectivity index (χ0n) is 25.2. The lowest BCUT2D eigenvalue weighted by Crippen LogP contribution is -2.42. The van der Waals surface area contributed by atoms with E-state index in [4.69, 9.17) is 4.74 Å². The zero-order valence-corrected chi connectivity index (χ0v) is 25.2. The summed E-state index contributed by atoms with van der Waals surface area (Å²) in [6.07, 6.45) is -3.61. The van der Waals surface area contributed by atoms with Crippen molar-refractivity contribution in [2.24, 2.45) is 11.8 Å². The van der Waals surface area contributed by atoms with E-state index in [1.807, 2.05) is 0 Å². The monoisotopic (exact) mass is 643 g/mol. The summed E-state index contributed by atoms with van der Waals surface area (Å²) in [5.74, 6) is -2.05. The van der Waals surface area contributed by atoms with Crippen LogP contribution in [0.1, 0.15) is 68.0 Å². The number of alkyl halides is 4. The summed E-state index contributed by atoms with van der Waals surface area (Å²) < 4.78 is 73.0. The van der Waals surface area contributed by atoms with Crippen LogP contribution in [0.4, 0.5) is 22.0 Å². The van der Waals surface area contributed by atoms with Gasteiger partial charge in [-0.3, -0.25) is 24.3 Å². The van der Waals surface area contributed by atoms with Gasteiger partial charge in [0.05, 0.1) is 12.7 Å². The van der Waals surface area contributed by atoms with Gasteiger partial charge in [-0.25, -0.2) is 8.78 Å². The molecule has 0 saturated carbocycles. The first-order chi connectivity index (χ1) is 21.9. The van der Waals surface area contributed by atoms with Gasteiger partial charge in [0.25, 0.3) is 5.91 Å². The van der Waals surface area contributed by atoms with Crippen LogP contribution in [0.25, 0.3) is 0 Å². The number of hydrogen-bond acceptors (Lipinski definition) is 6. The third-order valence-corrected chi connectivity index (χ3v) is 8.78. The number of hydrogen-bond donors (Lipinski definition) is 0. The van der Waals surface area contributed by atoms with Crippen molar-refractivity contribution in [2.75, 3.05) is 33.3 Å². The highest BCUT2D eigenvalue weighted by Crippen LogP contribution is 2.33. The van der Waals surface area contributed by atoms with Crippen molar-refractivity contribution in [3.8, 4) is 5.75 Å². The molecule has 0 aliphatic carbocycles. The van der Waals surface area contributed by atoms with Crippen molar-refractivity contribution >= 4 is 17.5 Å². The Kier molecular flexibility index (Phi) is 10.1. The Balaban J connectivity index is 1.09. The van der Waals surface area contributed by atoms with Gasteiger partial charge in [0.1, 0.15) is 23.4 Å². The Labute approximate surface area is 263 Å². The number of halogens is 5. The average Bonchev–Trinajstić information content (AvgIpc) is 3.06. The van der Waals surface area contributed by atoms with Crippen molar-refractivity contribution in [1.82, 2.24) is 14.8 Å². The number of ether oxygens (including phenoxy) is 1. The van der Waals surface area contributed by atoms with Crippen molar-refractivity contribution in [3.05, 3.63) is 94.6 Å². The quantitative estimate of drug-likeness (QED) is 0.198. The van der Waals surface area contributed by atoms with Crippen LogP contribution in [0.2, 0.25) is 0 Å². The molecule has 1 unspecified atom stereocenters. The summed E-state index contributed by atoms with van der Waals surface area (Å²) in [5, 5.41) is 0. The van der Waals surface area contributed by atoms with Gasteiger partial charge in [-0.2, -0.15) is 13.2 Å². The average molecular weight is 644 g/mol. The molecule has 244 valence electrons. The lowest BCUT2D eigenvalue weighted by atomic mass is 9.88. The molecular weight excluding hydrogens is 609 g/mol. The van der Waals surface area contributed by atoms with E-state index < -0.39 is 29.6 Å². The van der Waals surface area contributed by atoms with Gasteiger partial charge in [-0.05, 0) is 85.8 Å². The molecule has 1 amide bonds. The molecule has 2 aliphatic rings. The zero-order chi connectivity index (χ0) is 33.0. The second-order valence-electron chi connectivity index (χ2n) is 11.8. The van der Waals surface area contributed by atoms with Gasteiger partial charge in [-0.15, -0.1) is 0 Å². The molecule has 3 aromatic rings. The second kappa shape index (κ2) is 14.1. The van der Waals surface area contributed by atoms with Gasteiger partial charge in [-0.1, -0.05) is 6.07 Å². The highest BCUT2D eigenvalue weighted by atomic mass is 19.4. The topological polar surface area (TPSA) is 79.8 Å². The molecular formula is C34H34F5N3O4. The Hall–Kier alpha value is -4.19. The minimum Gasteiger partial charge on any atom is -0.497 e. The van der Waals surface area contributed by atoms with Crippen LogP contribution in [-0.4, -0.2) is 71.7 Å². The molecule has 2 aliphatic heterocycles. The number of methoxy groups -OCH3 is 1. The smallest absolute Gasteiger partial charge is 0.419 e. The fraction of sp³-hybridized carbons (Fsp3) is 0.412. The molecule has 0 N–H and O–H groups in total. The maximum atomic E-state index is 15.1. The van der Waals surface area contributed by atoms with E-state index in [1.54, 1.807) is 41.2 Å². The van der Waals surface area contributed by atoms with E-state index in [1.165, 1.54) is 24.4 Å². The molecule has 2 aromatic carbocycles. The summed E-state index contributed by atoms with van der Waals surface area (Å²) >= 11 is 0. The second-order valence-corrected chi connectivity index (χ2v) is 11.8. The number of piperidine rings is 2. The number of rotatable bonds is 9. The van der Waals surface area contributed by atoms with E-state index in [0.29, 0.717) is 50.2 Å². The lowest BCUT2D eigenvalue weighted by molar-refractivity contribution is -0.140. The van der Waals surface area contributed by atoms with Crippen molar-refractivity contribution in [2.45, 2.75) is 44.6 Å². The van der Waals surface area contributed by atoms with E-state index >= 15 is 4.39 Å². The molecule has 2 saturated heterocycles. The summed E-state index contributed by atoms with van der Waals surface area (Å²) in [4.78, 5) is 46.4. The largest absolute Gasteiger partial charge is 0.497 e. The van der Waals surface area contributed by atoms with Crippen molar-refractivity contribution in [1.29, 1.82) is 0 Å². The Morgan fingerprint density at radius 3 is 2.24 bits per heavy atom. The molecule has 3 heterocycles. The number of nitrogens with zero attached hydrogens (tertiary/aromatic N) is 3. The van der Waals surface area contributed by atoms with Crippen LogP contribution < -0.4 is 4.74 Å². The number of amides is 1. The first kappa shape index (κ1) is 33.2. The number of carbonyl (C=O) groups is 3. The van der Waals surface area contributed by atoms with Gasteiger partial charge in [0.2, 0.25) is 0 Å². The van der Waals surface area contributed by atoms with Crippen molar-refractivity contribution < 1.29 is 41.1 Å². The third-order valence-electron chi connectivity index (χ3n) is 8.78. The fourth-order valence-corrected chi connectivity index (χ4v) is 6.08. The minimum absolute atomic E-state index is 0.0283. The van der Waals surface area contributed by atoms with Crippen molar-refractivity contribution in [3.63, 3.8) is 0 Å². The first-order valence-corrected chi connectivity index (χ1v) is 15.1. The normalized spacial score (nSPS) is 19.6. The highest BCUT2D eigenvalue weighted by Gasteiger charge is 2.35. The van der Waals surface area contributed by atoms with Gasteiger partial charge < -0.3 is 9.64 Å². The molecule has 7 nitrogen and oxygen atoms in total. The summed E-state index contributed by atoms with van der Waals surface area (Å²) in [6.45, 7) is 1.13. The molecule has 12 heteroatoms. The predicted octanol–water partition coefficient (Wildman–Crippen LogP) is 6.42. The number of ketones is 2. The standard InChI is InChI=1S/C34H34F5N3O4/c1-46-26-6-3-22(4-7-26)32(44)23-11-14-42(15-12-23)33(45)30-9-5-25(18-40-30)31(43)17-24-10-13-41(20-29(24)36)19-21-2-8-28(35)27(16-21)34(37,38)39/h2-9,16,18,23-24,29H,10-15,17,19-20H2,1H3/t24?,29-/m1/s1. The number of pyridine rings is 1. The van der Waals surface area contributed by atoms with E-state index in [2.05, 4.69) is 4.98 Å². The van der Waals surface area contributed by atoms with Crippen LogP contribution in [0, 0.1) is 17.7 Å². The molecule has 46 heavy (non-hydrogen) atoms. The molecule has 2 atom stereocenters. The molecule has 5 rings (SSSR count). The summed E-state index contributed by atoms with van der Waals surface area (Å²) in [5.41, 5.74) is -0.110. The molecule has 0 spiro atoms. The number of likely N-dealkylation sites (tertiary alicyclic amines) is 2. The van der Waals surface area contributed by atoms with Gasteiger partial charge in [0, 0.05) is 55.8 Å². The summed E-state index contributed by atoms with van der Waals surface area (Å²) in [6, 6.07) is 12.7. The van der Waals surface area contributed by atoms with Crippen LogP contribution in [0.15, 0.2) is 60.8 Å². The predicted molar refractivity (Wildman–Crippen MR) is 159 cm³/mol. The number of carbonyl (C=O) groups excluding carboxylic acids is 3. The van der Waals surface area contributed by atoms with E-state index in [-0.39, 0.29) is 59.7 Å². The number of Topliss-reactive ketones (excluding diaryl/α,β-unsaturated/α-hetero) is 2. The SMILES string of the molecule is COc1ccc(C(=O)C2CCN(C(=O)c3ccc(C(=O)CC4CCN(Cc5ccc(F)c(C(F)(F)F)c5)C[C@H]4F)cn3)CC2)cc1. The van der Waals surface area contributed by atoms with Crippen LogP contribution in [0.3, 0.4) is 0 Å². The lowest BCUT2D eigenvalue weighted by Gasteiger charge is -2.34. The molecule has 0 bridgehead atoms. The van der Waals surface area contributed by atoms with Crippen LogP contribution >= 0.6 is 0 Å². The van der Waals surface area contributed by atoms with Crippen LogP contribution in [0.5, 0.6) is 5.75 Å². The fourth-order valence-electron chi connectivity index (χ4n) is 6.08. The molecule has 0 radical (unpaired) electrons. The highest BCUT2D eigenvalue weighted by molar-refractivity contribution is 5.99. The Morgan fingerprint density at radius 1 is 0.935 bits per heavy atom. The molecule has 1 aromatic heterocycles. The first-order valence-electron chi connectivity index (χ1n) is 15.1. The number of aromatic nitrogens is 1. The van der Waals surface area contributed by atoms with Gasteiger partial charge >= 0.3 is 6.18 Å². The maximum Gasteiger partial charge on any atom is 0.419 e. The van der Waals surface area contributed by atoms with E-state index in [9.17, 15) is 31.9 Å². The van der Waals surface area contributed by atoms with E-state index in [0.717, 1.165) is 12.1 Å².